The topological polar surface area (TPSA) is 149 Å². The van der Waals surface area contributed by atoms with Crippen LogP contribution in [0.2, 0.25) is 0 Å². The summed E-state index contributed by atoms with van der Waals surface area (Å²) >= 11 is 6.72. The highest BCUT2D eigenvalue weighted by molar-refractivity contribution is 9.10. The Hall–Kier alpha value is -3.19. The lowest BCUT2D eigenvalue weighted by Crippen LogP contribution is -2.39. The predicted molar refractivity (Wildman–Crippen MR) is 204 cm³/mol. The number of carbonyl (C=O) groups is 5. The van der Waals surface area contributed by atoms with Crippen LogP contribution >= 0.6 is 31.9 Å². The molecule has 254 valence electrons. The number of hydrogen-bond donors (Lipinski definition) is 5. The van der Waals surface area contributed by atoms with Gasteiger partial charge >= 0.3 is 18.1 Å². The Morgan fingerprint density at radius 1 is 0.688 bits per heavy atom. The third kappa shape index (κ3) is 20.2. The van der Waals surface area contributed by atoms with Gasteiger partial charge in [-0.3, -0.25) is 15.0 Å². The maximum Gasteiger partial charge on any atom is 0.322 e. The van der Waals surface area contributed by atoms with E-state index in [1.165, 1.54) is 19.4 Å². The highest BCUT2D eigenvalue weighted by Crippen LogP contribution is 2.24. The Bertz CT molecular complexity index is 1310. The van der Waals surface area contributed by atoms with Crippen molar-refractivity contribution in [1.82, 2.24) is 26.6 Å². The molecule has 48 heavy (non-hydrogen) atoms. The van der Waals surface area contributed by atoms with Gasteiger partial charge in [0.2, 0.25) is 0 Å². The molecule has 5 N–H and O–H groups in total. The summed E-state index contributed by atoms with van der Waals surface area (Å²) in [6.45, 7) is 17.8. The van der Waals surface area contributed by atoms with Crippen molar-refractivity contribution in [2.45, 2.75) is 78.9 Å². The Labute approximate surface area is 310 Å². The van der Waals surface area contributed by atoms with Crippen molar-refractivity contribution in [3.63, 3.8) is 0 Å². The lowest BCUT2D eigenvalue weighted by molar-refractivity contribution is -0.122. The maximum absolute atomic E-state index is 11.7. The zero-order valence-corrected chi connectivity index (χ0v) is 32.3. The third-order valence-electron chi connectivity index (χ3n) is 5.76. The van der Waals surface area contributed by atoms with E-state index in [-0.39, 0.29) is 68.5 Å². The van der Waals surface area contributed by atoms with Gasteiger partial charge in [-0.1, -0.05) is 49.6 Å². The van der Waals surface area contributed by atoms with E-state index in [1.807, 2.05) is 64.1 Å². The fourth-order valence-electron chi connectivity index (χ4n) is 3.55. The number of rotatable bonds is 1. The molecular formula is C31H44B4Br2N6O5. The average molecular weight is 784 g/mol. The largest absolute Gasteiger partial charge is 0.336 e. The predicted octanol–water partition coefficient (Wildman–Crippen LogP) is 4.27. The number of nitrogens with zero attached hydrogens (tertiary/aromatic N) is 1. The van der Waals surface area contributed by atoms with Crippen LogP contribution in [0, 0.1) is 6.92 Å². The summed E-state index contributed by atoms with van der Waals surface area (Å²) in [7, 11) is 0. The van der Waals surface area contributed by atoms with Crippen molar-refractivity contribution in [3.8, 4) is 0 Å². The highest BCUT2D eigenvalue weighted by atomic mass is 79.9. The summed E-state index contributed by atoms with van der Waals surface area (Å²) < 4.78 is 2.16. The first-order valence-corrected chi connectivity index (χ1v) is 15.5. The zero-order valence-electron chi connectivity index (χ0n) is 29.1. The molecular weight excluding hydrogens is 739 g/mol. The van der Waals surface area contributed by atoms with Crippen LogP contribution in [0.15, 0.2) is 57.5 Å². The van der Waals surface area contributed by atoms with Crippen LogP contribution in [-0.2, 0) is 9.59 Å². The molecule has 11 nitrogen and oxygen atoms in total. The number of anilines is 1. The summed E-state index contributed by atoms with van der Waals surface area (Å²) in [5.74, 6) is -0.104. The smallest absolute Gasteiger partial charge is 0.322 e. The Morgan fingerprint density at radius 3 is 1.35 bits per heavy atom. The summed E-state index contributed by atoms with van der Waals surface area (Å²) in [6, 6.07) is 15.5. The number of halogens is 2. The number of amides is 7. The molecule has 3 fully saturated rings. The standard InChI is InChI=1S/C11H13BrN2O.C7H7Br.C5H8N2O2.C5H10N2O.C3H6O.4B/c1-11(2)7-14(10(15)13-11)9-5-3-8(12)4-6-9;1-6-2-4-7(8)5-3-6;1-5(2)3(8)6-4(9)7-5;1-5(2)3-6-4(8)7-5;1-3(2)4;;;;/h3-6H,7H2,1-2H3,(H,13,15);2-5H,1H3;1-2H3,(H2,6,7,8,9);3H2,1-2H3,(H2,6,7,8);1-2H3;;;;. The molecule has 17 heteroatoms. The molecule has 12 radical (unpaired) electrons. The molecule has 3 aliphatic rings. The lowest BCUT2D eigenvalue weighted by atomic mass is 10.1. The van der Waals surface area contributed by atoms with Crippen molar-refractivity contribution >= 4 is 101 Å². The van der Waals surface area contributed by atoms with Gasteiger partial charge in [-0.05, 0) is 98.7 Å². The highest BCUT2D eigenvalue weighted by Gasteiger charge is 2.37. The fraction of sp³-hybridized carbons (Fsp3) is 0.452. The monoisotopic (exact) mass is 782 g/mol. The van der Waals surface area contributed by atoms with E-state index in [1.54, 1.807) is 18.7 Å². The molecule has 0 saturated carbocycles. The minimum absolute atomic E-state index is 0. The average Bonchev–Trinajstić information content (AvgIpc) is 3.44. The first kappa shape index (κ1) is 51.6. The van der Waals surface area contributed by atoms with Crippen molar-refractivity contribution in [1.29, 1.82) is 0 Å². The van der Waals surface area contributed by atoms with Crippen LogP contribution in [-0.4, -0.2) is 93.1 Å². The molecule has 0 spiro atoms. The van der Waals surface area contributed by atoms with Crippen molar-refractivity contribution in [2.75, 3.05) is 18.0 Å². The summed E-state index contributed by atoms with van der Waals surface area (Å²) in [4.78, 5) is 54.5. The second-order valence-electron chi connectivity index (χ2n) is 12.3. The Balaban J connectivity index is -0.000000260. The van der Waals surface area contributed by atoms with E-state index in [9.17, 15) is 24.0 Å². The SMILES string of the molecule is CC(C)=O.CC1(C)CN(c2ccc(Br)cc2)C(=O)N1.CC1(C)CNC(=O)N1.CC1(C)NC(=O)NC1=O.Cc1ccc(Br)cc1.[B].[B].[B].[B]. The Kier molecular flexibility index (Phi) is 24.1. The van der Waals surface area contributed by atoms with Crippen molar-refractivity contribution < 1.29 is 24.0 Å². The molecule has 7 amide bonds. The van der Waals surface area contributed by atoms with E-state index in [4.69, 9.17) is 0 Å². The number of benzene rings is 2. The number of hydrogen-bond acceptors (Lipinski definition) is 5. The van der Waals surface area contributed by atoms with E-state index in [2.05, 4.69) is 77.5 Å². The van der Waals surface area contributed by atoms with Crippen molar-refractivity contribution in [3.05, 3.63) is 63.0 Å². The number of ketones is 1. The Morgan fingerprint density at radius 2 is 1.12 bits per heavy atom. The van der Waals surface area contributed by atoms with E-state index < -0.39 is 11.6 Å². The molecule has 2 aromatic rings. The number of urea groups is 3. The molecule has 0 bridgehead atoms. The molecule has 0 aromatic heterocycles. The minimum Gasteiger partial charge on any atom is -0.336 e. The zero-order chi connectivity index (χ0) is 33.9. The van der Waals surface area contributed by atoms with E-state index in [0.29, 0.717) is 6.54 Å². The van der Waals surface area contributed by atoms with Crippen LogP contribution in [0.5, 0.6) is 0 Å². The van der Waals surface area contributed by atoms with Crippen LogP contribution in [0.25, 0.3) is 0 Å². The second-order valence-corrected chi connectivity index (χ2v) is 14.1. The van der Waals surface area contributed by atoms with Crippen LogP contribution in [0.3, 0.4) is 0 Å². The van der Waals surface area contributed by atoms with Gasteiger partial charge in [-0.15, -0.1) is 0 Å². The molecule has 5 rings (SSSR count). The third-order valence-corrected chi connectivity index (χ3v) is 6.81. The molecule has 3 heterocycles. The molecule has 0 aliphatic carbocycles. The number of aryl methyl sites for hydroxylation is 1. The van der Waals surface area contributed by atoms with Crippen molar-refractivity contribution in [2.24, 2.45) is 0 Å². The summed E-state index contributed by atoms with van der Waals surface area (Å²) in [5, 5.41) is 12.9. The normalized spacial score (nSPS) is 16.5. The van der Waals surface area contributed by atoms with Crippen LogP contribution < -0.4 is 31.5 Å². The van der Waals surface area contributed by atoms with E-state index in [0.717, 1.165) is 21.2 Å². The van der Waals surface area contributed by atoms with Gasteiger partial charge in [0.1, 0.15) is 11.3 Å². The minimum atomic E-state index is -0.725. The maximum atomic E-state index is 11.7. The fourth-order valence-corrected chi connectivity index (χ4v) is 4.08. The number of imide groups is 1. The molecule has 3 saturated heterocycles. The molecule has 3 aliphatic heterocycles. The van der Waals surface area contributed by atoms with Gasteiger partial charge in [0, 0.05) is 54.8 Å². The number of carbonyl (C=O) groups excluding carboxylic acids is 5. The van der Waals surface area contributed by atoms with Gasteiger partial charge in [0.15, 0.2) is 0 Å². The molecule has 2 aromatic carbocycles. The number of Topliss-reactive ketones (excluding diaryl/α,β-unsaturated/α-hetero) is 1. The molecule has 0 unspecified atom stereocenters. The first-order valence-electron chi connectivity index (χ1n) is 13.9. The summed E-state index contributed by atoms with van der Waals surface area (Å²) in [6.07, 6.45) is 0. The van der Waals surface area contributed by atoms with Gasteiger partial charge in [-0.25, -0.2) is 14.4 Å². The summed E-state index contributed by atoms with van der Waals surface area (Å²) in [5.41, 5.74) is 1.31. The van der Waals surface area contributed by atoms with Gasteiger partial charge in [-0.2, -0.15) is 0 Å². The number of nitrogens with one attached hydrogen (secondary N) is 5. The van der Waals surface area contributed by atoms with Gasteiger partial charge in [0.25, 0.3) is 5.91 Å². The lowest BCUT2D eigenvalue weighted by Gasteiger charge is -2.17. The van der Waals surface area contributed by atoms with Crippen LogP contribution in [0.4, 0.5) is 20.1 Å². The second kappa shape index (κ2) is 22.4. The van der Waals surface area contributed by atoms with Gasteiger partial charge < -0.3 is 26.1 Å². The quantitative estimate of drug-likeness (QED) is 0.217. The van der Waals surface area contributed by atoms with E-state index >= 15 is 0 Å². The van der Waals surface area contributed by atoms with Gasteiger partial charge in [0.05, 0.1) is 17.6 Å². The van der Waals surface area contributed by atoms with Crippen LogP contribution in [0.1, 0.15) is 61.0 Å². The first-order chi connectivity index (χ1) is 20.1. The molecule has 0 atom stereocenters.